The molecular weight excluding hydrogens is 366 g/mol. The van der Waals surface area contributed by atoms with Gasteiger partial charge in [-0.1, -0.05) is 30.3 Å². The van der Waals surface area contributed by atoms with Crippen molar-refractivity contribution in [2.24, 2.45) is 0 Å². The molecule has 9 nitrogen and oxygen atoms in total. The number of anilines is 1. The number of esters is 1. The second kappa shape index (κ2) is 10.0. The van der Waals surface area contributed by atoms with E-state index in [1.54, 1.807) is 0 Å². The van der Waals surface area contributed by atoms with Crippen LogP contribution in [-0.2, 0) is 20.8 Å². The first-order chi connectivity index (χ1) is 13.4. The van der Waals surface area contributed by atoms with E-state index in [0.29, 0.717) is 19.7 Å². The van der Waals surface area contributed by atoms with Crippen LogP contribution in [0.2, 0.25) is 0 Å². The van der Waals surface area contributed by atoms with E-state index in [2.05, 4.69) is 0 Å². The Morgan fingerprint density at radius 3 is 2.50 bits per heavy atom. The van der Waals surface area contributed by atoms with Crippen LogP contribution in [0.4, 0.5) is 11.4 Å². The molecule has 0 aliphatic rings. The molecule has 9 heteroatoms. The molecule has 0 spiro atoms. The number of nitrogen functional groups attached to an aromatic ring is 1. The summed E-state index contributed by atoms with van der Waals surface area (Å²) in [4.78, 5) is 36.3. The maximum absolute atomic E-state index is 12.5. The predicted molar refractivity (Wildman–Crippen MR) is 102 cm³/mol. The Morgan fingerprint density at radius 2 is 1.89 bits per heavy atom. The molecule has 0 aliphatic heterocycles. The van der Waals surface area contributed by atoms with Crippen LogP contribution in [0.3, 0.4) is 0 Å². The fraction of sp³-hybridized carbons (Fsp3) is 0.263. The van der Waals surface area contributed by atoms with Gasteiger partial charge in [0, 0.05) is 32.3 Å². The predicted octanol–water partition coefficient (Wildman–Crippen LogP) is 2.01. The van der Waals surface area contributed by atoms with Crippen molar-refractivity contribution in [2.45, 2.75) is 6.54 Å². The van der Waals surface area contributed by atoms with Gasteiger partial charge in [0.25, 0.3) is 11.6 Å². The molecule has 2 aromatic carbocycles. The molecule has 0 saturated heterocycles. The summed E-state index contributed by atoms with van der Waals surface area (Å²) in [5.41, 5.74) is 6.24. The van der Waals surface area contributed by atoms with Gasteiger partial charge in [-0.3, -0.25) is 14.9 Å². The van der Waals surface area contributed by atoms with Crippen molar-refractivity contribution in [1.82, 2.24) is 4.90 Å². The lowest BCUT2D eigenvalue weighted by Gasteiger charge is -2.22. The summed E-state index contributed by atoms with van der Waals surface area (Å²) in [5.74, 6) is -1.22. The summed E-state index contributed by atoms with van der Waals surface area (Å²) in [5, 5.41) is 10.7. The number of carbonyl (C=O) groups excluding carboxylic acids is 2. The van der Waals surface area contributed by atoms with Crippen molar-refractivity contribution in [3.8, 4) is 0 Å². The van der Waals surface area contributed by atoms with E-state index in [4.69, 9.17) is 15.2 Å². The van der Waals surface area contributed by atoms with Crippen LogP contribution < -0.4 is 5.73 Å². The summed E-state index contributed by atoms with van der Waals surface area (Å²) in [6.45, 7) is 0.537. The highest BCUT2D eigenvalue weighted by molar-refractivity contribution is 5.96. The van der Waals surface area contributed by atoms with Crippen molar-refractivity contribution in [1.29, 1.82) is 0 Å². The maximum atomic E-state index is 12.5. The van der Waals surface area contributed by atoms with E-state index in [0.717, 1.165) is 17.7 Å². The lowest BCUT2D eigenvalue weighted by atomic mass is 10.1. The number of benzene rings is 2. The minimum atomic E-state index is -0.827. The highest BCUT2D eigenvalue weighted by atomic mass is 16.6. The molecule has 0 aliphatic carbocycles. The molecule has 0 fully saturated rings. The molecule has 148 valence electrons. The molecule has 1 amide bonds. The lowest BCUT2D eigenvalue weighted by Crippen LogP contribution is -2.36. The van der Waals surface area contributed by atoms with Crippen molar-refractivity contribution in [2.75, 3.05) is 32.6 Å². The van der Waals surface area contributed by atoms with Crippen LogP contribution >= 0.6 is 0 Å². The number of hydrogen-bond donors (Lipinski definition) is 1. The molecule has 0 heterocycles. The summed E-state index contributed by atoms with van der Waals surface area (Å²) in [7, 11) is 1.53. The van der Waals surface area contributed by atoms with Gasteiger partial charge in [0.1, 0.15) is 0 Å². The third-order valence-corrected chi connectivity index (χ3v) is 3.93. The lowest BCUT2D eigenvalue weighted by molar-refractivity contribution is -0.384. The van der Waals surface area contributed by atoms with E-state index in [9.17, 15) is 19.7 Å². The van der Waals surface area contributed by atoms with E-state index in [1.807, 2.05) is 30.3 Å². The number of nitrogens with two attached hydrogens (primary N) is 1. The molecule has 0 unspecified atom stereocenters. The number of nitrogens with zero attached hydrogens (tertiary/aromatic N) is 2. The Bertz CT molecular complexity index is 841. The molecule has 0 saturated carbocycles. The highest BCUT2D eigenvalue weighted by Gasteiger charge is 2.19. The SMILES string of the molecule is COCCN(Cc1ccccc1)C(=O)COC(=O)c1ccc([N+](=O)[O-])cc1N. The fourth-order valence-electron chi connectivity index (χ4n) is 2.44. The third-order valence-electron chi connectivity index (χ3n) is 3.93. The Balaban J connectivity index is 2.00. The molecule has 0 atom stereocenters. The van der Waals surface area contributed by atoms with Gasteiger partial charge in [-0.15, -0.1) is 0 Å². The monoisotopic (exact) mass is 387 g/mol. The number of rotatable bonds is 9. The minimum absolute atomic E-state index is 0.0371. The van der Waals surface area contributed by atoms with Gasteiger partial charge in [-0.05, 0) is 11.6 Å². The number of ether oxygens (including phenoxy) is 2. The first kappa shape index (κ1) is 20.8. The Kier molecular flexibility index (Phi) is 7.46. The molecule has 0 aromatic heterocycles. The van der Waals surface area contributed by atoms with Gasteiger partial charge in [0.05, 0.1) is 22.8 Å². The quantitative estimate of drug-likeness (QED) is 0.302. The fourth-order valence-corrected chi connectivity index (χ4v) is 2.44. The van der Waals surface area contributed by atoms with E-state index >= 15 is 0 Å². The topological polar surface area (TPSA) is 125 Å². The summed E-state index contributed by atoms with van der Waals surface area (Å²) >= 11 is 0. The second-order valence-electron chi connectivity index (χ2n) is 5.90. The van der Waals surface area contributed by atoms with E-state index in [-0.39, 0.29) is 16.9 Å². The zero-order valence-electron chi connectivity index (χ0n) is 15.4. The number of carbonyl (C=O) groups is 2. The molecule has 2 aromatic rings. The van der Waals surface area contributed by atoms with Crippen LogP contribution in [0, 0.1) is 10.1 Å². The molecule has 2 N–H and O–H groups in total. The zero-order chi connectivity index (χ0) is 20.5. The Morgan fingerprint density at radius 1 is 1.18 bits per heavy atom. The average Bonchev–Trinajstić information content (AvgIpc) is 2.69. The van der Waals surface area contributed by atoms with Gasteiger partial charge < -0.3 is 20.1 Å². The Hall–Kier alpha value is -3.46. The van der Waals surface area contributed by atoms with Crippen LogP contribution in [0.15, 0.2) is 48.5 Å². The van der Waals surface area contributed by atoms with Gasteiger partial charge >= 0.3 is 5.97 Å². The zero-order valence-corrected chi connectivity index (χ0v) is 15.4. The van der Waals surface area contributed by atoms with E-state index < -0.39 is 23.4 Å². The standard InChI is InChI=1S/C19H21N3O6/c1-27-10-9-21(12-14-5-3-2-4-6-14)18(23)13-28-19(24)16-8-7-15(22(25)26)11-17(16)20/h2-8,11H,9-10,12-13,20H2,1H3. The number of amides is 1. The van der Waals surface area contributed by atoms with Crippen LogP contribution in [-0.4, -0.2) is 48.6 Å². The smallest absolute Gasteiger partial charge is 0.340 e. The average molecular weight is 387 g/mol. The van der Waals surface area contributed by atoms with E-state index in [1.165, 1.54) is 18.1 Å². The number of nitro benzene ring substituents is 1. The number of non-ortho nitro benzene ring substituents is 1. The minimum Gasteiger partial charge on any atom is -0.452 e. The first-order valence-corrected chi connectivity index (χ1v) is 8.44. The second-order valence-corrected chi connectivity index (χ2v) is 5.90. The summed E-state index contributed by atoms with van der Waals surface area (Å²) in [6, 6.07) is 12.8. The summed E-state index contributed by atoms with van der Waals surface area (Å²) < 4.78 is 10.1. The number of hydrogen-bond acceptors (Lipinski definition) is 7. The van der Waals surface area contributed by atoms with Gasteiger partial charge in [0.2, 0.25) is 0 Å². The van der Waals surface area contributed by atoms with Gasteiger partial charge in [-0.2, -0.15) is 0 Å². The largest absolute Gasteiger partial charge is 0.452 e. The van der Waals surface area contributed by atoms with Gasteiger partial charge in [-0.25, -0.2) is 4.79 Å². The molecule has 0 bridgehead atoms. The van der Waals surface area contributed by atoms with Crippen molar-refractivity contribution < 1.29 is 24.0 Å². The molecule has 28 heavy (non-hydrogen) atoms. The van der Waals surface area contributed by atoms with Crippen molar-refractivity contribution in [3.63, 3.8) is 0 Å². The van der Waals surface area contributed by atoms with Crippen LogP contribution in [0.1, 0.15) is 15.9 Å². The maximum Gasteiger partial charge on any atom is 0.340 e. The first-order valence-electron chi connectivity index (χ1n) is 8.44. The van der Waals surface area contributed by atoms with Crippen molar-refractivity contribution >= 4 is 23.3 Å². The normalized spacial score (nSPS) is 10.3. The molecule has 0 radical (unpaired) electrons. The number of nitro groups is 1. The van der Waals surface area contributed by atoms with Crippen LogP contribution in [0.5, 0.6) is 0 Å². The third kappa shape index (κ3) is 5.78. The highest BCUT2D eigenvalue weighted by Crippen LogP contribution is 2.20. The Labute approximate surface area is 161 Å². The summed E-state index contributed by atoms with van der Waals surface area (Å²) in [6.07, 6.45) is 0. The van der Waals surface area contributed by atoms with Crippen molar-refractivity contribution in [3.05, 3.63) is 69.8 Å². The molecular formula is C19H21N3O6. The number of methoxy groups -OCH3 is 1. The van der Waals surface area contributed by atoms with Gasteiger partial charge in [0.15, 0.2) is 6.61 Å². The molecule has 2 rings (SSSR count). The van der Waals surface area contributed by atoms with Crippen LogP contribution in [0.25, 0.3) is 0 Å².